The summed E-state index contributed by atoms with van der Waals surface area (Å²) in [4.78, 5) is 17.3. The van der Waals surface area contributed by atoms with Gasteiger partial charge < -0.3 is 0 Å². The molecule has 3 heterocycles. The molecule has 0 saturated carbocycles. The average Bonchev–Trinajstić information content (AvgIpc) is 3.14. The highest BCUT2D eigenvalue weighted by atomic mass is 35.5. The molecule has 2 saturated heterocycles. The number of rotatable bonds is 2. The molecule has 0 N–H and O–H groups in total. The first-order valence-corrected chi connectivity index (χ1v) is 9.09. The first-order valence-electron chi connectivity index (χ1n) is 6.85. The predicted molar refractivity (Wildman–Crippen MR) is 87.1 cm³/mol. The lowest BCUT2D eigenvalue weighted by Crippen LogP contribution is -2.48. The molecule has 0 radical (unpaired) electrons. The summed E-state index contributed by atoms with van der Waals surface area (Å²) in [6.07, 6.45) is 1.39. The van der Waals surface area contributed by atoms with Crippen LogP contribution in [-0.4, -0.2) is 33.4 Å². The molecule has 22 heavy (non-hydrogen) atoms. The minimum Gasteiger partial charge on any atom is -0.258 e. The highest BCUT2D eigenvalue weighted by Crippen LogP contribution is 2.46. The molecule has 2 aliphatic heterocycles. The highest BCUT2D eigenvalue weighted by molar-refractivity contribution is 8.00. The Hall–Kier alpha value is -0.670. The van der Waals surface area contributed by atoms with Crippen molar-refractivity contribution in [2.45, 2.75) is 17.8 Å². The van der Waals surface area contributed by atoms with E-state index < -0.39 is 6.29 Å². The lowest BCUT2D eigenvalue weighted by Gasteiger charge is -2.41. The number of nitrogens with zero attached hydrogens (tertiary/aromatic N) is 3. The molecule has 8 heteroatoms. The summed E-state index contributed by atoms with van der Waals surface area (Å²) < 4.78 is 0.560. The summed E-state index contributed by atoms with van der Waals surface area (Å²) in [7, 11) is 1.94. The Morgan fingerprint density at radius 3 is 2.82 bits per heavy atom. The van der Waals surface area contributed by atoms with Crippen molar-refractivity contribution in [2.24, 2.45) is 0 Å². The second kappa shape index (κ2) is 6.09. The van der Waals surface area contributed by atoms with Crippen molar-refractivity contribution < 1.29 is 9.68 Å². The van der Waals surface area contributed by atoms with Crippen molar-refractivity contribution in [3.8, 4) is 0 Å². The molecule has 3 atom stereocenters. The molecule has 0 aliphatic carbocycles. The van der Waals surface area contributed by atoms with Gasteiger partial charge in [0, 0.05) is 29.4 Å². The van der Waals surface area contributed by atoms with Crippen LogP contribution < -0.4 is 0 Å². The van der Waals surface area contributed by atoms with E-state index in [1.165, 1.54) is 11.3 Å². The molecule has 2 aliphatic rings. The van der Waals surface area contributed by atoms with E-state index >= 15 is 0 Å². The Bertz CT molecular complexity index is 657. The third-order valence-electron chi connectivity index (χ3n) is 3.61. The molecule has 0 bridgehead atoms. The predicted octanol–water partition coefficient (Wildman–Crippen LogP) is 3.68. The van der Waals surface area contributed by atoms with E-state index in [0.29, 0.717) is 4.47 Å². The number of benzene rings is 1. The number of fused-ring (bicyclic) bond motifs is 1. The van der Waals surface area contributed by atoms with E-state index in [0.717, 1.165) is 16.2 Å². The summed E-state index contributed by atoms with van der Waals surface area (Å²) in [5.74, 6) is 0.915. The Balaban J connectivity index is 1.60. The molecule has 2 aromatic rings. The quantitative estimate of drug-likeness (QED) is 0.818. The largest absolute Gasteiger partial charge is 0.258 e. The van der Waals surface area contributed by atoms with Gasteiger partial charge in [-0.3, -0.25) is 9.68 Å². The molecule has 2 fully saturated rings. The van der Waals surface area contributed by atoms with Crippen molar-refractivity contribution in [1.29, 1.82) is 0 Å². The smallest absolute Gasteiger partial charge is 0.222 e. The van der Waals surface area contributed by atoms with Crippen LogP contribution in [0.5, 0.6) is 0 Å². The lowest BCUT2D eigenvalue weighted by molar-refractivity contribution is -0.436. The number of hydrogen-bond acceptors (Lipinski definition) is 7. The average molecular weight is 356 g/mol. The van der Waals surface area contributed by atoms with Crippen LogP contribution in [0.25, 0.3) is 0 Å². The van der Waals surface area contributed by atoms with Crippen LogP contribution in [0, 0.1) is 0 Å². The van der Waals surface area contributed by atoms with E-state index in [9.17, 15) is 0 Å². The van der Waals surface area contributed by atoms with Crippen LogP contribution >= 0.6 is 34.7 Å². The molecule has 0 spiro atoms. The van der Waals surface area contributed by atoms with Crippen molar-refractivity contribution in [3.63, 3.8) is 0 Å². The molecule has 116 valence electrons. The monoisotopic (exact) mass is 355 g/mol. The van der Waals surface area contributed by atoms with E-state index in [-0.39, 0.29) is 11.5 Å². The van der Waals surface area contributed by atoms with Gasteiger partial charge >= 0.3 is 0 Å². The Morgan fingerprint density at radius 2 is 2.09 bits per heavy atom. The zero-order valence-electron chi connectivity index (χ0n) is 11.8. The zero-order chi connectivity index (χ0) is 15.1. The number of hydrogen-bond donors (Lipinski definition) is 0. The van der Waals surface area contributed by atoms with Gasteiger partial charge in [-0.15, -0.1) is 28.2 Å². The van der Waals surface area contributed by atoms with Gasteiger partial charge in [0.25, 0.3) is 0 Å². The normalized spacial score (nSPS) is 29.6. The van der Waals surface area contributed by atoms with Crippen LogP contribution in [0.15, 0.2) is 36.5 Å². The fourth-order valence-electron chi connectivity index (χ4n) is 2.56. The molecule has 1 aromatic heterocycles. The van der Waals surface area contributed by atoms with Crippen LogP contribution in [0.3, 0.4) is 0 Å². The minimum absolute atomic E-state index is 0.0332. The van der Waals surface area contributed by atoms with E-state index in [1.807, 2.05) is 53.7 Å². The summed E-state index contributed by atoms with van der Waals surface area (Å²) in [6, 6.07) is 10.1. The molecule has 0 amide bonds. The first-order chi connectivity index (χ1) is 10.7. The van der Waals surface area contributed by atoms with Crippen LogP contribution in [0.4, 0.5) is 0 Å². The second-order valence-electron chi connectivity index (χ2n) is 5.05. The maximum Gasteiger partial charge on any atom is 0.222 e. The van der Waals surface area contributed by atoms with Crippen LogP contribution in [-0.2, 0) is 9.68 Å². The van der Waals surface area contributed by atoms with Gasteiger partial charge in [-0.05, 0) is 0 Å². The fraction of sp³-hybridized carbons (Fsp3) is 0.357. The van der Waals surface area contributed by atoms with Gasteiger partial charge in [-0.2, -0.15) is 5.06 Å². The van der Waals surface area contributed by atoms with Gasteiger partial charge in [-0.1, -0.05) is 41.9 Å². The fourth-order valence-corrected chi connectivity index (χ4v) is 4.99. The Kier molecular flexibility index (Phi) is 4.12. The number of aromatic nitrogens is 1. The second-order valence-corrected chi connectivity index (χ2v) is 7.78. The Morgan fingerprint density at radius 1 is 1.27 bits per heavy atom. The van der Waals surface area contributed by atoms with Gasteiger partial charge in [-0.25, -0.2) is 4.98 Å². The molecular weight excluding hydrogens is 342 g/mol. The summed E-state index contributed by atoms with van der Waals surface area (Å²) in [5, 5.41) is 3.85. The Labute approximate surface area is 141 Å². The molecule has 3 unspecified atom stereocenters. The van der Waals surface area contributed by atoms with E-state index in [1.54, 1.807) is 11.8 Å². The lowest BCUT2D eigenvalue weighted by atomic mass is 10.2. The molecule has 4 rings (SSSR count). The van der Waals surface area contributed by atoms with Crippen molar-refractivity contribution in [2.75, 3.05) is 12.8 Å². The van der Waals surface area contributed by atoms with Crippen molar-refractivity contribution in [1.82, 2.24) is 15.1 Å². The number of halogens is 1. The minimum atomic E-state index is -0.438. The molecular formula is C14H14ClN3O2S2. The van der Waals surface area contributed by atoms with Crippen molar-refractivity contribution in [3.05, 3.63) is 51.4 Å². The third kappa shape index (κ3) is 2.67. The van der Waals surface area contributed by atoms with E-state index in [2.05, 4.69) is 4.98 Å². The highest BCUT2D eigenvalue weighted by Gasteiger charge is 2.45. The summed E-state index contributed by atoms with van der Waals surface area (Å²) in [5.41, 5.74) is 1.02. The van der Waals surface area contributed by atoms with E-state index in [4.69, 9.17) is 21.3 Å². The third-order valence-corrected chi connectivity index (χ3v) is 6.14. The number of hydroxylamine groups is 4. The SMILES string of the molecule is CN1OC(c2ccccc2)ON2C(c3cnc(Cl)s3)CSC12. The van der Waals surface area contributed by atoms with Gasteiger partial charge in [0.15, 0.2) is 9.96 Å². The van der Waals surface area contributed by atoms with Crippen LogP contribution in [0.1, 0.15) is 22.8 Å². The maximum atomic E-state index is 6.13. The number of thiazole rings is 1. The first kappa shape index (κ1) is 14.9. The summed E-state index contributed by atoms with van der Waals surface area (Å²) in [6.45, 7) is 0. The standard InChI is InChI=1S/C14H14ClN3O2S2/c1-17-14-18(10(8-21-14)11-7-16-13(15)22-11)20-12(19-17)9-5-3-2-4-6-9/h2-7,10,12,14H,8H2,1H3. The molecule has 1 aromatic carbocycles. The van der Waals surface area contributed by atoms with Crippen molar-refractivity contribution >= 4 is 34.7 Å². The van der Waals surface area contributed by atoms with Gasteiger partial charge in [0.2, 0.25) is 6.29 Å². The molecule has 5 nitrogen and oxygen atoms in total. The van der Waals surface area contributed by atoms with Gasteiger partial charge in [0.05, 0.1) is 6.04 Å². The topological polar surface area (TPSA) is 37.8 Å². The maximum absolute atomic E-state index is 6.13. The number of thioether (sulfide) groups is 1. The van der Waals surface area contributed by atoms with Gasteiger partial charge in [0.1, 0.15) is 0 Å². The zero-order valence-corrected chi connectivity index (χ0v) is 14.1. The summed E-state index contributed by atoms with van der Waals surface area (Å²) >= 11 is 9.25. The van der Waals surface area contributed by atoms with Crippen LogP contribution in [0.2, 0.25) is 4.47 Å².